The molecule has 1 N–H and O–H groups in total. The summed E-state index contributed by atoms with van der Waals surface area (Å²) in [6.07, 6.45) is 0.953. The van der Waals surface area contributed by atoms with E-state index >= 15 is 0 Å². The molecule has 0 aromatic heterocycles. The molecule has 0 aromatic carbocycles. The van der Waals surface area contributed by atoms with E-state index in [2.05, 4.69) is 15.2 Å². The highest BCUT2D eigenvalue weighted by molar-refractivity contribution is 6.06. The predicted octanol–water partition coefficient (Wildman–Crippen LogP) is -0.534. The van der Waals surface area contributed by atoms with Crippen LogP contribution in [-0.4, -0.2) is 43.3 Å². The van der Waals surface area contributed by atoms with E-state index in [1.807, 2.05) is 7.05 Å². The number of nitrogens with zero attached hydrogens (tertiary/aromatic N) is 2. The zero-order chi connectivity index (χ0) is 8.55. The van der Waals surface area contributed by atoms with Gasteiger partial charge in [0.2, 0.25) is 5.91 Å². The van der Waals surface area contributed by atoms with Crippen LogP contribution in [0.2, 0.25) is 0 Å². The van der Waals surface area contributed by atoms with Gasteiger partial charge in [0.15, 0.2) is 0 Å². The Balaban J connectivity index is 2.17. The van der Waals surface area contributed by atoms with Crippen molar-refractivity contribution in [3.63, 3.8) is 0 Å². The van der Waals surface area contributed by atoms with Gasteiger partial charge in [-0.3, -0.25) is 9.79 Å². The standard InChI is InChI=1S/C8H13N3O/c1-11-3-2-7-6(4-11)8(12)10-5-9-7/h6H,2-5H2,1H3,(H,10,12). The molecule has 0 aliphatic carbocycles. The molecule has 4 nitrogen and oxygen atoms in total. The topological polar surface area (TPSA) is 44.7 Å². The van der Waals surface area contributed by atoms with E-state index in [9.17, 15) is 4.79 Å². The molecule has 66 valence electrons. The quantitative estimate of drug-likeness (QED) is 0.527. The molecule has 1 fully saturated rings. The van der Waals surface area contributed by atoms with Gasteiger partial charge in [-0.25, -0.2) is 0 Å². The maximum absolute atomic E-state index is 11.4. The van der Waals surface area contributed by atoms with E-state index in [1.54, 1.807) is 0 Å². The highest BCUT2D eigenvalue weighted by Gasteiger charge is 2.31. The maximum Gasteiger partial charge on any atom is 0.231 e. The fourth-order valence-electron chi connectivity index (χ4n) is 1.75. The summed E-state index contributed by atoms with van der Waals surface area (Å²) in [6, 6.07) is 0. The molecule has 0 aromatic rings. The molecule has 0 saturated carbocycles. The Labute approximate surface area is 71.6 Å². The first kappa shape index (κ1) is 7.73. The Hall–Kier alpha value is -0.900. The summed E-state index contributed by atoms with van der Waals surface area (Å²) in [5, 5.41) is 2.75. The number of amides is 1. The molecule has 0 radical (unpaired) electrons. The first-order valence-corrected chi connectivity index (χ1v) is 4.27. The summed E-state index contributed by atoms with van der Waals surface area (Å²) in [4.78, 5) is 17.8. The van der Waals surface area contributed by atoms with E-state index in [1.165, 1.54) is 0 Å². The van der Waals surface area contributed by atoms with Crippen molar-refractivity contribution in [1.29, 1.82) is 0 Å². The van der Waals surface area contributed by atoms with Crippen molar-refractivity contribution < 1.29 is 4.79 Å². The molecule has 2 heterocycles. The molecule has 1 saturated heterocycles. The zero-order valence-electron chi connectivity index (χ0n) is 7.21. The number of nitrogens with one attached hydrogen (secondary N) is 1. The molecule has 1 atom stereocenters. The zero-order valence-corrected chi connectivity index (χ0v) is 7.21. The minimum absolute atomic E-state index is 0.0255. The average Bonchev–Trinajstić information content (AvgIpc) is 2.07. The molecule has 12 heavy (non-hydrogen) atoms. The minimum Gasteiger partial charge on any atom is -0.336 e. The SMILES string of the molecule is CN1CCC2=NCNC(=O)C2C1. The molecular weight excluding hydrogens is 154 g/mol. The van der Waals surface area contributed by atoms with E-state index in [0.29, 0.717) is 6.67 Å². The number of hydrogen-bond donors (Lipinski definition) is 1. The largest absolute Gasteiger partial charge is 0.336 e. The van der Waals surface area contributed by atoms with E-state index in [-0.39, 0.29) is 11.8 Å². The average molecular weight is 167 g/mol. The van der Waals surface area contributed by atoms with Gasteiger partial charge in [-0.05, 0) is 13.5 Å². The van der Waals surface area contributed by atoms with Crippen LogP contribution in [0.1, 0.15) is 6.42 Å². The van der Waals surface area contributed by atoms with Gasteiger partial charge in [0.05, 0.1) is 5.92 Å². The van der Waals surface area contributed by atoms with Crippen molar-refractivity contribution in [3.8, 4) is 0 Å². The first-order chi connectivity index (χ1) is 5.77. The second kappa shape index (κ2) is 2.86. The van der Waals surface area contributed by atoms with Gasteiger partial charge < -0.3 is 10.2 Å². The van der Waals surface area contributed by atoms with E-state index < -0.39 is 0 Å². The third-order valence-electron chi connectivity index (χ3n) is 2.50. The van der Waals surface area contributed by atoms with Gasteiger partial charge in [-0.15, -0.1) is 0 Å². The van der Waals surface area contributed by atoms with Crippen LogP contribution in [-0.2, 0) is 4.79 Å². The van der Waals surface area contributed by atoms with Crippen LogP contribution >= 0.6 is 0 Å². The Morgan fingerprint density at radius 2 is 2.50 bits per heavy atom. The summed E-state index contributed by atoms with van der Waals surface area (Å²) in [5.74, 6) is 0.170. The van der Waals surface area contributed by atoms with Crippen molar-refractivity contribution in [1.82, 2.24) is 10.2 Å². The third-order valence-corrected chi connectivity index (χ3v) is 2.50. The maximum atomic E-state index is 11.4. The minimum atomic E-state index is 0.0255. The van der Waals surface area contributed by atoms with Gasteiger partial charge in [0.25, 0.3) is 0 Å². The third kappa shape index (κ3) is 1.22. The Bertz CT molecular complexity index is 236. The summed E-state index contributed by atoms with van der Waals surface area (Å²) >= 11 is 0. The lowest BCUT2D eigenvalue weighted by atomic mass is 9.94. The highest BCUT2D eigenvalue weighted by atomic mass is 16.2. The highest BCUT2D eigenvalue weighted by Crippen LogP contribution is 2.15. The lowest BCUT2D eigenvalue weighted by Crippen LogP contribution is -2.49. The summed E-state index contributed by atoms with van der Waals surface area (Å²) in [7, 11) is 2.04. The first-order valence-electron chi connectivity index (χ1n) is 4.27. The van der Waals surface area contributed by atoms with E-state index in [0.717, 1.165) is 25.2 Å². The van der Waals surface area contributed by atoms with E-state index in [4.69, 9.17) is 0 Å². The van der Waals surface area contributed by atoms with Crippen LogP contribution in [0.5, 0.6) is 0 Å². The van der Waals surface area contributed by atoms with Crippen LogP contribution in [0.3, 0.4) is 0 Å². The summed E-state index contributed by atoms with van der Waals surface area (Å²) < 4.78 is 0. The van der Waals surface area contributed by atoms with Crippen molar-refractivity contribution >= 4 is 11.6 Å². The molecular formula is C8H13N3O. The molecule has 0 spiro atoms. The Morgan fingerprint density at radius 3 is 3.33 bits per heavy atom. The van der Waals surface area contributed by atoms with Gasteiger partial charge in [0, 0.05) is 18.8 Å². The molecule has 2 aliphatic rings. The number of rotatable bonds is 0. The number of fused-ring (bicyclic) bond motifs is 1. The molecule has 4 heteroatoms. The molecule has 0 bridgehead atoms. The van der Waals surface area contributed by atoms with Crippen LogP contribution < -0.4 is 5.32 Å². The molecule has 1 amide bonds. The number of piperidine rings is 1. The van der Waals surface area contributed by atoms with Gasteiger partial charge >= 0.3 is 0 Å². The Kier molecular flexibility index (Phi) is 1.84. The Morgan fingerprint density at radius 1 is 1.67 bits per heavy atom. The van der Waals surface area contributed by atoms with Crippen molar-refractivity contribution in [2.24, 2.45) is 10.9 Å². The monoisotopic (exact) mass is 167 g/mol. The summed E-state index contributed by atoms with van der Waals surface area (Å²) in [6.45, 7) is 2.33. The molecule has 1 unspecified atom stereocenters. The molecule has 2 aliphatic heterocycles. The van der Waals surface area contributed by atoms with Crippen molar-refractivity contribution in [3.05, 3.63) is 0 Å². The normalized spacial score (nSPS) is 30.6. The van der Waals surface area contributed by atoms with Crippen molar-refractivity contribution in [2.75, 3.05) is 26.8 Å². The van der Waals surface area contributed by atoms with Crippen LogP contribution in [0, 0.1) is 5.92 Å². The number of aliphatic imine (C=N–C) groups is 1. The van der Waals surface area contributed by atoms with Gasteiger partial charge in [-0.2, -0.15) is 0 Å². The second-order valence-corrected chi connectivity index (χ2v) is 3.41. The lowest BCUT2D eigenvalue weighted by Gasteiger charge is -2.32. The van der Waals surface area contributed by atoms with Crippen LogP contribution in [0.15, 0.2) is 4.99 Å². The molecule has 2 rings (SSSR count). The number of likely N-dealkylation sites (tertiary alicyclic amines) is 1. The number of hydrogen-bond acceptors (Lipinski definition) is 3. The number of carbonyl (C=O) groups excluding carboxylic acids is 1. The lowest BCUT2D eigenvalue weighted by molar-refractivity contribution is -0.124. The second-order valence-electron chi connectivity index (χ2n) is 3.41. The fourth-order valence-corrected chi connectivity index (χ4v) is 1.75. The van der Waals surface area contributed by atoms with Crippen LogP contribution in [0.25, 0.3) is 0 Å². The smallest absolute Gasteiger partial charge is 0.231 e. The predicted molar refractivity (Wildman–Crippen MR) is 46.0 cm³/mol. The summed E-state index contributed by atoms with van der Waals surface area (Å²) in [5.41, 5.74) is 1.09. The van der Waals surface area contributed by atoms with Gasteiger partial charge in [-0.1, -0.05) is 0 Å². The number of carbonyl (C=O) groups is 1. The van der Waals surface area contributed by atoms with Crippen molar-refractivity contribution in [2.45, 2.75) is 6.42 Å². The fraction of sp³-hybridized carbons (Fsp3) is 0.750. The van der Waals surface area contributed by atoms with Gasteiger partial charge in [0.1, 0.15) is 6.67 Å². The van der Waals surface area contributed by atoms with Crippen LogP contribution in [0.4, 0.5) is 0 Å².